The first-order valence-corrected chi connectivity index (χ1v) is 11.0. The van der Waals surface area contributed by atoms with Crippen molar-refractivity contribution in [2.75, 3.05) is 6.61 Å². The molecule has 10 N–H and O–H groups in total. The first-order valence-electron chi connectivity index (χ1n) is 9.50. The maximum atomic E-state index is 10.8. The zero-order chi connectivity index (χ0) is 26.8. The highest BCUT2D eigenvalue weighted by molar-refractivity contribution is 7.43. The molecule has 1 aliphatic rings. The lowest BCUT2D eigenvalue weighted by Gasteiger charge is -2.30. The first kappa shape index (κ1) is 31.5. The molecular weight excluding hydrogens is 485 g/mol. The second-order valence-electron chi connectivity index (χ2n) is 7.10. The van der Waals surface area contributed by atoms with Gasteiger partial charge in [-0.05, 0) is 19.9 Å². The quantitative estimate of drug-likeness (QED) is 0.146. The second kappa shape index (κ2) is 14.0. The van der Waals surface area contributed by atoms with Crippen LogP contribution in [0.4, 0.5) is 0 Å². The molecule has 0 aliphatic carbocycles. The number of pyridine rings is 1. The van der Waals surface area contributed by atoms with E-state index in [0.717, 1.165) is 6.20 Å². The Bertz CT molecular complexity index is 858. The maximum absolute atomic E-state index is 10.8. The molecule has 2 heterocycles. The molecule has 34 heavy (non-hydrogen) atoms. The Labute approximate surface area is 193 Å². The highest BCUT2D eigenvalue weighted by atomic mass is 31.2. The Hall–Kier alpha value is -2.53. The normalized spacial score (nSPS) is 23.4. The molecule has 1 aliphatic heterocycles. The summed E-state index contributed by atoms with van der Waals surface area (Å²) in [6.45, 7) is 2.30. The summed E-state index contributed by atoms with van der Waals surface area (Å²) in [5, 5.41) is 46.3. The minimum absolute atomic E-state index is 0.184. The van der Waals surface area contributed by atoms with Gasteiger partial charge in [0, 0.05) is 6.07 Å². The highest BCUT2D eigenvalue weighted by Crippen LogP contribution is 2.30. The Kier molecular flexibility index (Phi) is 13.0. The number of carbonyl (C=O) groups is 3. The topological polar surface area (TPSA) is 296 Å². The van der Waals surface area contributed by atoms with E-state index in [1.165, 1.54) is 36.7 Å². The monoisotopic (exact) mass is 513 g/mol. The third kappa shape index (κ3) is 11.6. The van der Waals surface area contributed by atoms with Crippen molar-refractivity contribution in [2.45, 2.75) is 50.5 Å². The molecule has 0 saturated carbocycles. The third-order valence-electron chi connectivity index (χ3n) is 3.93. The number of carboxylic acid groups (broad SMARTS) is 3. The standard InChI is InChI=1S/C11H14NO9P.2C3H7NO2/c13-8-7(5-20-22(17,18)19)21-10(9(8)14)12-3-1-2-6(4-12)11(15)16;2*1-2(4)3(5)6/h1-4,7-10,13-14H,5H2,(H2-,15,16,17,18,19);2*2H,4H2,1H3,(H,5,6)/t7-,8-,9-,10-;2*2-/m100/s1. The van der Waals surface area contributed by atoms with Crippen LogP contribution in [0.3, 0.4) is 0 Å². The van der Waals surface area contributed by atoms with Gasteiger partial charge in [0.1, 0.15) is 12.2 Å². The SMILES string of the molecule is C[C@H]([NH3+])C(=O)O.C[C@H]([NH3+])C(=O)O.O=C([O-])c1ccc[n+]([C@@H]2O[C@H](COP(=O)([O-])[O-])[C@@H](O)[C@H]2O)c1. The number of ether oxygens (including phenoxy) is 1. The summed E-state index contributed by atoms with van der Waals surface area (Å²) in [7, 11) is -5.24. The van der Waals surface area contributed by atoms with E-state index >= 15 is 0 Å². The molecule has 0 radical (unpaired) electrons. The molecule has 0 unspecified atom stereocenters. The fourth-order valence-corrected chi connectivity index (χ4v) is 2.38. The lowest BCUT2D eigenvalue weighted by Crippen LogP contribution is -2.63. The van der Waals surface area contributed by atoms with Crippen molar-refractivity contribution < 1.29 is 79.6 Å². The van der Waals surface area contributed by atoms with Gasteiger partial charge in [0.25, 0.3) is 6.23 Å². The van der Waals surface area contributed by atoms with Gasteiger partial charge in [-0.15, -0.1) is 0 Å². The number of aliphatic hydroxyl groups excluding tert-OH is 2. The predicted octanol–water partition coefficient (Wildman–Crippen LogP) is -6.80. The fourth-order valence-electron chi connectivity index (χ4n) is 2.05. The summed E-state index contributed by atoms with van der Waals surface area (Å²) >= 11 is 0. The molecule has 6 atom stereocenters. The van der Waals surface area contributed by atoms with Crippen molar-refractivity contribution >= 4 is 25.7 Å². The first-order chi connectivity index (χ1) is 15.5. The van der Waals surface area contributed by atoms with Crippen LogP contribution >= 0.6 is 7.82 Å². The molecule has 1 saturated heterocycles. The van der Waals surface area contributed by atoms with Crippen LogP contribution in [-0.4, -0.2) is 75.3 Å². The van der Waals surface area contributed by atoms with Crippen LogP contribution in [0.1, 0.15) is 30.4 Å². The largest absolute Gasteiger partial charge is 0.790 e. The van der Waals surface area contributed by atoms with E-state index in [4.69, 9.17) is 14.9 Å². The van der Waals surface area contributed by atoms with Crippen LogP contribution in [0.25, 0.3) is 0 Å². The number of carbonyl (C=O) groups excluding carboxylic acids is 1. The van der Waals surface area contributed by atoms with Crippen LogP contribution in [0, 0.1) is 0 Å². The molecule has 1 aromatic heterocycles. The number of rotatable bonds is 7. The van der Waals surface area contributed by atoms with E-state index < -0.39 is 69.0 Å². The number of aromatic carboxylic acids is 1. The Balaban J connectivity index is 0.000000750. The highest BCUT2D eigenvalue weighted by Gasteiger charge is 2.48. The zero-order valence-electron chi connectivity index (χ0n) is 18.3. The Morgan fingerprint density at radius 1 is 1.15 bits per heavy atom. The number of quaternary nitrogens is 2. The van der Waals surface area contributed by atoms with Crippen LogP contribution < -0.4 is 30.9 Å². The van der Waals surface area contributed by atoms with Crippen LogP contribution in [0.15, 0.2) is 24.5 Å². The van der Waals surface area contributed by atoms with E-state index in [1.54, 1.807) is 0 Å². The lowest BCUT2D eigenvalue weighted by molar-refractivity contribution is -0.765. The number of carboxylic acids is 3. The average Bonchev–Trinajstić information content (AvgIpc) is 3.01. The number of hydrogen-bond donors (Lipinski definition) is 6. The van der Waals surface area contributed by atoms with E-state index in [2.05, 4.69) is 16.0 Å². The van der Waals surface area contributed by atoms with Crippen molar-refractivity contribution in [1.29, 1.82) is 0 Å². The van der Waals surface area contributed by atoms with Crippen molar-refractivity contribution in [3.63, 3.8) is 0 Å². The second-order valence-corrected chi connectivity index (χ2v) is 8.25. The van der Waals surface area contributed by atoms with Gasteiger partial charge < -0.3 is 65.4 Å². The van der Waals surface area contributed by atoms with Crippen molar-refractivity contribution in [3.05, 3.63) is 30.1 Å². The number of phosphoric acid groups is 1. The average molecular weight is 513 g/mol. The Morgan fingerprint density at radius 2 is 1.62 bits per heavy atom. The molecule has 0 aromatic carbocycles. The van der Waals surface area contributed by atoms with Crippen molar-refractivity contribution in [1.82, 2.24) is 0 Å². The minimum atomic E-state index is -5.24. The van der Waals surface area contributed by atoms with Gasteiger partial charge in [0.2, 0.25) is 0 Å². The summed E-state index contributed by atoms with van der Waals surface area (Å²) in [5.41, 5.74) is 6.29. The molecule has 2 rings (SSSR count). The third-order valence-corrected chi connectivity index (χ3v) is 4.39. The number of phosphoric ester groups is 1. The molecule has 16 nitrogen and oxygen atoms in total. The van der Waals surface area contributed by atoms with Crippen molar-refractivity contribution in [3.8, 4) is 0 Å². The molecule has 0 bridgehead atoms. The summed E-state index contributed by atoms with van der Waals surface area (Å²) in [4.78, 5) is 50.9. The smallest absolute Gasteiger partial charge is 0.362 e. The number of nitrogens with zero attached hydrogens (tertiary/aromatic N) is 1. The number of hydrogen-bond acceptors (Lipinski definition) is 11. The maximum Gasteiger partial charge on any atom is 0.362 e. The van der Waals surface area contributed by atoms with E-state index in [1.807, 2.05) is 0 Å². The number of aliphatic carboxylic acids is 2. The molecule has 0 spiro atoms. The molecule has 0 amide bonds. The van der Waals surface area contributed by atoms with Crippen LogP contribution in [-0.2, 0) is 23.4 Å². The number of aromatic nitrogens is 1. The molecule has 194 valence electrons. The molecule has 1 fully saturated rings. The van der Waals surface area contributed by atoms with Gasteiger partial charge in [-0.25, -0.2) is 9.59 Å². The van der Waals surface area contributed by atoms with Gasteiger partial charge in [0.05, 0.1) is 26.0 Å². The Morgan fingerprint density at radius 3 is 2.00 bits per heavy atom. The lowest BCUT2D eigenvalue weighted by atomic mass is 10.1. The van der Waals surface area contributed by atoms with Gasteiger partial charge in [-0.2, -0.15) is 4.57 Å². The van der Waals surface area contributed by atoms with E-state index in [-0.39, 0.29) is 5.56 Å². The summed E-state index contributed by atoms with van der Waals surface area (Å²) in [6, 6.07) is 1.66. The van der Waals surface area contributed by atoms with Crippen LogP contribution in [0.2, 0.25) is 0 Å². The molecule has 17 heteroatoms. The van der Waals surface area contributed by atoms with Crippen LogP contribution in [0.5, 0.6) is 0 Å². The minimum Gasteiger partial charge on any atom is -0.790 e. The summed E-state index contributed by atoms with van der Waals surface area (Å²) in [6.07, 6.45) is -2.95. The van der Waals surface area contributed by atoms with Crippen molar-refractivity contribution in [2.24, 2.45) is 0 Å². The fraction of sp³-hybridized carbons (Fsp3) is 0.529. The van der Waals surface area contributed by atoms with Gasteiger partial charge in [-0.3, -0.25) is 0 Å². The van der Waals surface area contributed by atoms with Gasteiger partial charge >= 0.3 is 11.9 Å². The number of aliphatic hydroxyl groups is 2. The molecular formula is C17H28N3O13P. The summed E-state index contributed by atoms with van der Waals surface area (Å²) < 4.78 is 20.8. The molecule has 1 aromatic rings. The van der Waals surface area contributed by atoms with E-state index in [9.17, 15) is 44.1 Å². The zero-order valence-corrected chi connectivity index (χ0v) is 19.1. The van der Waals surface area contributed by atoms with Gasteiger partial charge in [0.15, 0.2) is 30.6 Å². The van der Waals surface area contributed by atoms with E-state index in [0.29, 0.717) is 0 Å². The van der Waals surface area contributed by atoms with Gasteiger partial charge in [-0.1, -0.05) is 0 Å². The predicted molar refractivity (Wildman–Crippen MR) is 100 cm³/mol. The summed E-state index contributed by atoms with van der Waals surface area (Å²) in [5.74, 6) is -3.15.